The molecule has 2 rings (SSSR count). The minimum Gasteiger partial charge on any atom is -0.481 e. The fourth-order valence-corrected chi connectivity index (χ4v) is 3.17. The predicted molar refractivity (Wildman–Crippen MR) is 60.4 cm³/mol. The second-order valence-electron chi connectivity index (χ2n) is 4.75. The van der Waals surface area contributed by atoms with Crippen LogP contribution in [0.25, 0.3) is 0 Å². The number of aliphatic carboxylic acids is 1. The third kappa shape index (κ3) is 2.28. The number of alkyl carbamates (subject to hydrolysis) is 1. The molecule has 94 valence electrons. The van der Waals surface area contributed by atoms with Crippen LogP contribution in [0.15, 0.2) is 12.7 Å². The quantitative estimate of drug-likeness (QED) is 0.727. The molecule has 2 aliphatic carbocycles. The molecule has 2 saturated carbocycles. The van der Waals surface area contributed by atoms with Crippen molar-refractivity contribution in [3.63, 3.8) is 0 Å². The summed E-state index contributed by atoms with van der Waals surface area (Å²) in [5.41, 5.74) is 0. The second kappa shape index (κ2) is 4.77. The molecule has 2 N–H and O–H groups in total. The minimum absolute atomic E-state index is 0.143. The summed E-state index contributed by atoms with van der Waals surface area (Å²) in [4.78, 5) is 22.6. The summed E-state index contributed by atoms with van der Waals surface area (Å²) in [5, 5.41) is 11.9. The van der Waals surface area contributed by atoms with Crippen LogP contribution in [0, 0.1) is 17.8 Å². The number of carboxylic acid groups (broad SMARTS) is 1. The zero-order valence-corrected chi connectivity index (χ0v) is 9.59. The van der Waals surface area contributed by atoms with E-state index in [2.05, 4.69) is 11.9 Å². The number of carbonyl (C=O) groups is 2. The van der Waals surface area contributed by atoms with Crippen LogP contribution in [0.2, 0.25) is 0 Å². The Balaban J connectivity index is 1.96. The lowest BCUT2D eigenvalue weighted by Gasteiger charge is -2.28. The van der Waals surface area contributed by atoms with Gasteiger partial charge in [-0.1, -0.05) is 12.7 Å². The zero-order chi connectivity index (χ0) is 12.4. The molecule has 5 nitrogen and oxygen atoms in total. The second-order valence-corrected chi connectivity index (χ2v) is 4.75. The number of fused-ring (bicyclic) bond motifs is 2. The molecule has 5 heteroatoms. The van der Waals surface area contributed by atoms with Gasteiger partial charge in [-0.05, 0) is 31.1 Å². The van der Waals surface area contributed by atoms with Crippen LogP contribution in [0.5, 0.6) is 0 Å². The van der Waals surface area contributed by atoms with Gasteiger partial charge in [-0.2, -0.15) is 0 Å². The van der Waals surface area contributed by atoms with E-state index in [0.717, 1.165) is 19.3 Å². The molecule has 0 radical (unpaired) electrons. The maximum Gasteiger partial charge on any atom is 0.407 e. The first kappa shape index (κ1) is 12.0. The highest BCUT2D eigenvalue weighted by Gasteiger charge is 2.51. The average Bonchev–Trinajstić information content (AvgIpc) is 2.86. The van der Waals surface area contributed by atoms with Crippen molar-refractivity contribution in [2.75, 3.05) is 6.61 Å². The van der Waals surface area contributed by atoms with Crippen LogP contribution in [-0.4, -0.2) is 29.8 Å². The molecule has 17 heavy (non-hydrogen) atoms. The topological polar surface area (TPSA) is 75.6 Å². The van der Waals surface area contributed by atoms with E-state index in [1.807, 2.05) is 0 Å². The van der Waals surface area contributed by atoms with Crippen molar-refractivity contribution in [1.82, 2.24) is 5.32 Å². The predicted octanol–water partition coefficient (Wildman–Crippen LogP) is 1.40. The molecule has 2 bridgehead atoms. The summed E-state index contributed by atoms with van der Waals surface area (Å²) >= 11 is 0. The zero-order valence-electron chi connectivity index (χ0n) is 9.59. The summed E-state index contributed by atoms with van der Waals surface area (Å²) in [5.74, 6) is -0.768. The first-order valence-corrected chi connectivity index (χ1v) is 5.90. The Hall–Kier alpha value is -1.52. The van der Waals surface area contributed by atoms with Gasteiger partial charge in [0, 0.05) is 6.04 Å². The number of hydrogen-bond donors (Lipinski definition) is 2. The van der Waals surface area contributed by atoms with Crippen LogP contribution >= 0.6 is 0 Å². The number of hydrogen-bond acceptors (Lipinski definition) is 3. The van der Waals surface area contributed by atoms with Crippen molar-refractivity contribution >= 4 is 12.1 Å². The molecular formula is C12H17NO4. The SMILES string of the molecule is C=CCOC(=O)NC1C2CCC(C2)C1C(=O)O. The highest BCUT2D eigenvalue weighted by molar-refractivity contribution is 5.74. The molecule has 4 unspecified atom stereocenters. The molecule has 0 aromatic carbocycles. The molecule has 0 saturated heterocycles. The number of nitrogens with one attached hydrogen (secondary N) is 1. The summed E-state index contributed by atoms with van der Waals surface area (Å²) in [6, 6.07) is -0.274. The third-order valence-corrected chi connectivity index (χ3v) is 3.82. The number of carbonyl (C=O) groups excluding carboxylic acids is 1. The van der Waals surface area contributed by atoms with Crippen LogP contribution in [-0.2, 0) is 9.53 Å². The van der Waals surface area contributed by atoms with Gasteiger partial charge >= 0.3 is 12.1 Å². The largest absolute Gasteiger partial charge is 0.481 e. The Morgan fingerprint density at radius 1 is 1.41 bits per heavy atom. The van der Waals surface area contributed by atoms with Crippen LogP contribution in [0.1, 0.15) is 19.3 Å². The van der Waals surface area contributed by atoms with Crippen LogP contribution in [0.4, 0.5) is 4.79 Å². The molecule has 0 aromatic heterocycles. The van der Waals surface area contributed by atoms with E-state index in [1.165, 1.54) is 6.08 Å². The van der Waals surface area contributed by atoms with Gasteiger partial charge in [-0.3, -0.25) is 4.79 Å². The lowest BCUT2D eigenvalue weighted by molar-refractivity contribution is -0.144. The van der Waals surface area contributed by atoms with Gasteiger partial charge in [0.25, 0.3) is 0 Å². The van der Waals surface area contributed by atoms with E-state index in [-0.39, 0.29) is 24.5 Å². The Morgan fingerprint density at radius 2 is 2.12 bits per heavy atom. The Morgan fingerprint density at radius 3 is 2.76 bits per heavy atom. The van der Waals surface area contributed by atoms with Crippen molar-refractivity contribution in [3.05, 3.63) is 12.7 Å². The van der Waals surface area contributed by atoms with E-state index in [1.54, 1.807) is 0 Å². The molecule has 2 aliphatic rings. The molecule has 0 aliphatic heterocycles. The van der Waals surface area contributed by atoms with Gasteiger partial charge in [0.1, 0.15) is 6.61 Å². The van der Waals surface area contributed by atoms with E-state index >= 15 is 0 Å². The average molecular weight is 239 g/mol. The molecule has 1 amide bonds. The van der Waals surface area contributed by atoms with Gasteiger partial charge in [0.2, 0.25) is 0 Å². The number of ether oxygens (including phenoxy) is 1. The molecule has 0 heterocycles. The summed E-state index contributed by atoms with van der Waals surface area (Å²) in [6.45, 7) is 3.59. The van der Waals surface area contributed by atoms with Crippen molar-refractivity contribution in [3.8, 4) is 0 Å². The van der Waals surface area contributed by atoms with Crippen LogP contribution < -0.4 is 5.32 Å². The first-order valence-electron chi connectivity index (χ1n) is 5.90. The van der Waals surface area contributed by atoms with Crippen molar-refractivity contribution < 1.29 is 19.4 Å². The van der Waals surface area contributed by atoms with Crippen molar-refractivity contribution in [1.29, 1.82) is 0 Å². The van der Waals surface area contributed by atoms with Gasteiger partial charge in [-0.25, -0.2) is 4.79 Å². The monoisotopic (exact) mass is 239 g/mol. The normalized spacial score (nSPS) is 34.4. The third-order valence-electron chi connectivity index (χ3n) is 3.82. The summed E-state index contributed by atoms with van der Waals surface area (Å²) < 4.78 is 4.83. The fraction of sp³-hybridized carbons (Fsp3) is 0.667. The van der Waals surface area contributed by atoms with Gasteiger partial charge in [0.15, 0.2) is 0 Å². The first-order chi connectivity index (χ1) is 8.13. The fourth-order valence-electron chi connectivity index (χ4n) is 3.17. The molecule has 2 fully saturated rings. The van der Waals surface area contributed by atoms with Gasteiger partial charge in [-0.15, -0.1) is 0 Å². The molecule has 4 atom stereocenters. The lowest BCUT2D eigenvalue weighted by Crippen LogP contribution is -2.47. The van der Waals surface area contributed by atoms with Gasteiger partial charge < -0.3 is 15.2 Å². The number of amides is 1. The van der Waals surface area contributed by atoms with E-state index < -0.39 is 18.0 Å². The highest BCUT2D eigenvalue weighted by Crippen LogP contribution is 2.48. The van der Waals surface area contributed by atoms with Crippen molar-refractivity contribution in [2.24, 2.45) is 17.8 Å². The standard InChI is InChI=1S/C12H17NO4/c1-2-5-17-12(16)13-10-8-4-3-7(6-8)9(10)11(14)15/h2,7-10H,1,3-6H2,(H,13,16)(H,14,15). The maximum absolute atomic E-state index is 11.4. The van der Waals surface area contributed by atoms with Crippen molar-refractivity contribution in [2.45, 2.75) is 25.3 Å². The maximum atomic E-state index is 11.4. The summed E-state index contributed by atoms with van der Waals surface area (Å²) in [6.07, 6.45) is 3.80. The summed E-state index contributed by atoms with van der Waals surface area (Å²) in [7, 11) is 0. The Labute approximate surface area is 99.8 Å². The Kier molecular flexibility index (Phi) is 3.36. The molecule has 0 aromatic rings. The highest BCUT2D eigenvalue weighted by atomic mass is 16.5. The smallest absolute Gasteiger partial charge is 0.407 e. The minimum atomic E-state index is -0.814. The number of rotatable bonds is 4. The molecular weight excluding hydrogens is 222 g/mol. The van der Waals surface area contributed by atoms with E-state index in [9.17, 15) is 14.7 Å². The van der Waals surface area contributed by atoms with E-state index in [0.29, 0.717) is 0 Å². The Bertz CT molecular complexity index is 341. The lowest BCUT2D eigenvalue weighted by atomic mass is 9.84. The number of carboxylic acids is 1. The van der Waals surface area contributed by atoms with E-state index in [4.69, 9.17) is 4.74 Å². The van der Waals surface area contributed by atoms with Gasteiger partial charge in [0.05, 0.1) is 5.92 Å². The van der Waals surface area contributed by atoms with Crippen LogP contribution in [0.3, 0.4) is 0 Å². The molecule has 0 spiro atoms.